The Labute approximate surface area is 157 Å². The zero-order chi connectivity index (χ0) is 19.4. The Morgan fingerprint density at radius 2 is 2.00 bits per heavy atom. The third-order valence-electron chi connectivity index (χ3n) is 4.99. The fourth-order valence-electron chi connectivity index (χ4n) is 3.49. The average Bonchev–Trinajstić information content (AvgIpc) is 3.07. The van der Waals surface area contributed by atoms with Crippen molar-refractivity contribution in [3.05, 3.63) is 35.7 Å². The molecule has 1 N–H and O–H groups in total. The Balaban J connectivity index is 1.81. The molecule has 1 aromatic carbocycles. The minimum absolute atomic E-state index is 0.0615. The molecule has 144 valence electrons. The molecule has 0 aliphatic carbocycles. The van der Waals surface area contributed by atoms with Crippen LogP contribution in [0.2, 0.25) is 0 Å². The van der Waals surface area contributed by atoms with Crippen LogP contribution in [-0.4, -0.2) is 56.6 Å². The van der Waals surface area contributed by atoms with E-state index in [1.807, 2.05) is 31.2 Å². The van der Waals surface area contributed by atoms with Gasteiger partial charge in [0.1, 0.15) is 5.75 Å². The normalized spacial score (nSPS) is 17.0. The van der Waals surface area contributed by atoms with Crippen molar-refractivity contribution in [1.29, 1.82) is 0 Å². The molecular weight excluding hydrogens is 348 g/mol. The van der Waals surface area contributed by atoms with Gasteiger partial charge in [-0.25, -0.2) is 4.68 Å². The van der Waals surface area contributed by atoms with E-state index in [0.29, 0.717) is 24.4 Å². The Morgan fingerprint density at radius 1 is 1.26 bits per heavy atom. The van der Waals surface area contributed by atoms with Crippen LogP contribution in [0.3, 0.4) is 0 Å². The monoisotopic (exact) mass is 372 g/mol. The molecule has 2 aromatic rings. The highest BCUT2D eigenvalue weighted by molar-refractivity contribution is 5.93. The van der Waals surface area contributed by atoms with Gasteiger partial charge in [0.15, 0.2) is 5.69 Å². The maximum Gasteiger partial charge on any atom is 0.303 e. The van der Waals surface area contributed by atoms with E-state index in [1.165, 1.54) is 0 Å². The second-order valence-electron chi connectivity index (χ2n) is 6.71. The predicted molar refractivity (Wildman–Crippen MR) is 98.2 cm³/mol. The maximum atomic E-state index is 13.1. The number of carbonyl (C=O) groups excluding carboxylic acids is 1. The van der Waals surface area contributed by atoms with Crippen LogP contribution in [0.5, 0.6) is 5.75 Å². The smallest absolute Gasteiger partial charge is 0.303 e. The van der Waals surface area contributed by atoms with E-state index in [-0.39, 0.29) is 18.4 Å². The Morgan fingerprint density at radius 3 is 2.67 bits per heavy atom. The van der Waals surface area contributed by atoms with Crippen molar-refractivity contribution < 1.29 is 19.4 Å². The Kier molecular flexibility index (Phi) is 5.73. The third-order valence-corrected chi connectivity index (χ3v) is 4.99. The number of rotatable bonds is 6. The van der Waals surface area contributed by atoms with Crippen LogP contribution in [0.4, 0.5) is 0 Å². The number of nitrogens with zero attached hydrogens (tertiary/aromatic N) is 4. The van der Waals surface area contributed by atoms with Gasteiger partial charge in [0, 0.05) is 19.0 Å². The summed E-state index contributed by atoms with van der Waals surface area (Å²) < 4.78 is 6.79. The van der Waals surface area contributed by atoms with Gasteiger partial charge in [0.2, 0.25) is 0 Å². The molecule has 2 heterocycles. The number of carbonyl (C=O) groups is 2. The summed E-state index contributed by atoms with van der Waals surface area (Å²) in [6, 6.07) is 7.29. The van der Waals surface area contributed by atoms with Crippen LogP contribution in [0.25, 0.3) is 5.69 Å². The summed E-state index contributed by atoms with van der Waals surface area (Å²) in [5.41, 5.74) is 1.77. The number of aromatic nitrogens is 3. The highest BCUT2D eigenvalue weighted by atomic mass is 16.5. The van der Waals surface area contributed by atoms with Crippen LogP contribution < -0.4 is 4.74 Å². The summed E-state index contributed by atoms with van der Waals surface area (Å²) in [5.74, 6) is -0.278. The van der Waals surface area contributed by atoms with E-state index >= 15 is 0 Å². The van der Waals surface area contributed by atoms with E-state index in [1.54, 1.807) is 16.7 Å². The molecule has 1 atom stereocenters. The number of hydrogen-bond donors (Lipinski definition) is 1. The van der Waals surface area contributed by atoms with Crippen molar-refractivity contribution in [2.75, 3.05) is 13.7 Å². The molecule has 0 spiro atoms. The first-order chi connectivity index (χ1) is 13.0. The van der Waals surface area contributed by atoms with Crippen molar-refractivity contribution in [3.63, 3.8) is 0 Å². The molecule has 0 bridgehead atoms. The first kappa shape index (κ1) is 18.9. The van der Waals surface area contributed by atoms with Gasteiger partial charge >= 0.3 is 5.97 Å². The summed E-state index contributed by atoms with van der Waals surface area (Å²) in [6.45, 7) is 2.44. The molecule has 8 nitrogen and oxygen atoms in total. The van der Waals surface area contributed by atoms with Gasteiger partial charge in [-0.1, -0.05) is 5.21 Å². The Bertz CT molecular complexity index is 816. The number of carboxylic acids is 1. The topological polar surface area (TPSA) is 97.5 Å². The van der Waals surface area contributed by atoms with Crippen LogP contribution in [0.1, 0.15) is 48.3 Å². The molecular formula is C19H24N4O4. The minimum atomic E-state index is -0.838. The zero-order valence-electron chi connectivity index (χ0n) is 15.6. The van der Waals surface area contributed by atoms with E-state index < -0.39 is 5.97 Å². The highest BCUT2D eigenvalue weighted by Crippen LogP contribution is 2.24. The number of hydrogen-bond acceptors (Lipinski definition) is 5. The third kappa shape index (κ3) is 4.10. The number of likely N-dealkylation sites (tertiary alicyclic amines) is 1. The quantitative estimate of drug-likeness (QED) is 0.836. The SMILES string of the molecule is COc1ccc(-n2nnc(C(=O)N3CCCCC3CCC(=O)O)c2C)cc1. The molecule has 8 heteroatoms. The number of aliphatic carboxylic acids is 1. The Hall–Kier alpha value is -2.90. The molecule has 1 amide bonds. The molecule has 0 saturated carbocycles. The van der Waals surface area contributed by atoms with E-state index in [0.717, 1.165) is 30.7 Å². The van der Waals surface area contributed by atoms with Crippen LogP contribution in [-0.2, 0) is 4.79 Å². The zero-order valence-corrected chi connectivity index (χ0v) is 15.6. The van der Waals surface area contributed by atoms with Crippen molar-refractivity contribution in [3.8, 4) is 11.4 Å². The van der Waals surface area contributed by atoms with E-state index in [9.17, 15) is 9.59 Å². The molecule has 1 aliphatic rings. The van der Waals surface area contributed by atoms with Gasteiger partial charge in [-0.3, -0.25) is 9.59 Å². The number of carboxylic acid groups (broad SMARTS) is 1. The predicted octanol–water partition coefficient (Wildman–Crippen LogP) is 2.44. The fourth-order valence-corrected chi connectivity index (χ4v) is 3.49. The van der Waals surface area contributed by atoms with Crippen LogP contribution >= 0.6 is 0 Å². The lowest BCUT2D eigenvalue weighted by atomic mass is 9.97. The van der Waals surface area contributed by atoms with Gasteiger partial charge in [0.05, 0.1) is 18.5 Å². The summed E-state index contributed by atoms with van der Waals surface area (Å²) in [6.07, 6.45) is 3.27. The number of piperidine rings is 1. The summed E-state index contributed by atoms with van der Waals surface area (Å²) in [7, 11) is 1.60. The van der Waals surface area contributed by atoms with Crippen LogP contribution in [0, 0.1) is 6.92 Å². The van der Waals surface area contributed by atoms with Crippen molar-refractivity contribution >= 4 is 11.9 Å². The van der Waals surface area contributed by atoms with Crippen molar-refractivity contribution in [2.24, 2.45) is 0 Å². The molecule has 1 aliphatic heterocycles. The number of ether oxygens (including phenoxy) is 1. The average molecular weight is 372 g/mol. The molecule has 27 heavy (non-hydrogen) atoms. The van der Waals surface area contributed by atoms with Gasteiger partial charge in [-0.2, -0.15) is 0 Å². The minimum Gasteiger partial charge on any atom is -0.497 e. The summed E-state index contributed by atoms with van der Waals surface area (Å²) >= 11 is 0. The summed E-state index contributed by atoms with van der Waals surface area (Å²) in [4.78, 5) is 25.7. The molecule has 0 radical (unpaired) electrons. The van der Waals surface area contributed by atoms with Gasteiger partial charge < -0.3 is 14.7 Å². The number of methoxy groups -OCH3 is 1. The van der Waals surface area contributed by atoms with Gasteiger partial charge in [-0.15, -0.1) is 5.10 Å². The largest absolute Gasteiger partial charge is 0.497 e. The van der Waals surface area contributed by atoms with Gasteiger partial charge in [0.25, 0.3) is 5.91 Å². The first-order valence-electron chi connectivity index (χ1n) is 9.10. The molecule has 3 rings (SSSR count). The van der Waals surface area contributed by atoms with E-state index in [2.05, 4.69) is 10.3 Å². The lowest BCUT2D eigenvalue weighted by molar-refractivity contribution is -0.137. The highest BCUT2D eigenvalue weighted by Gasteiger charge is 2.30. The molecule has 1 fully saturated rings. The summed E-state index contributed by atoms with van der Waals surface area (Å²) in [5, 5.41) is 17.2. The number of benzene rings is 1. The second-order valence-corrected chi connectivity index (χ2v) is 6.71. The van der Waals surface area contributed by atoms with Crippen LogP contribution in [0.15, 0.2) is 24.3 Å². The standard InChI is InChI=1S/C19H24N4O4/c1-13-18(20-21-23(13)15-6-9-16(27-2)10-7-15)19(26)22-12-4-3-5-14(22)8-11-17(24)25/h6-7,9-10,14H,3-5,8,11-12H2,1-2H3,(H,24,25). The lowest BCUT2D eigenvalue weighted by Crippen LogP contribution is -2.44. The fraction of sp³-hybridized carbons (Fsp3) is 0.474. The molecule has 1 saturated heterocycles. The lowest BCUT2D eigenvalue weighted by Gasteiger charge is -2.35. The molecule has 1 aromatic heterocycles. The first-order valence-corrected chi connectivity index (χ1v) is 9.10. The van der Waals surface area contributed by atoms with Gasteiger partial charge in [-0.05, 0) is 56.9 Å². The second kappa shape index (κ2) is 8.20. The maximum absolute atomic E-state index is 13.1. The van der Waals surface area contributed by atoms with E-state index in [4.69, 9.17) is 9.84 Å². The molecule has 1 unspecified atom stereocenters. The van der Waals surface area contributed by atoms with Crippen molar-refractivity contribution in [2.45, 2.75) is 45.1 Å². The van der Waals surface area contributed by atoms with Crippen molar-refractivity contribution in [1.82, 2.24) is 19.9 Å². The number of amides is 1.